The van der Waals surface area contributed by atoms with E-state index in [2.05, 4.69) is 13.8 Å². The summed E-state index contributed by atoms with van der Waals surface area (Å²) in [5.41, 5.74) is 11.2. The molecule has 15 heteroatoms. The fourth-order valence-electron chi connectivity index (χ4n) is 8.58. The van der Waals surface area contributed by atoms with Crippen LogP contribution in [0.2, 0.25) is 0 Å². The zero-order valence-electron chi connectivity index (χ0n) is 42.5. The Hall–Kier alpha value is -5.70. The molecule has 388 valence electrons. The van der Waals surface area contributed by atoms with Gasteiger partial charge in [-0.2, -0.15) is 0 Å². The monoisotopic (exact) mass is 975 g/mol. The van der Waals surface area contributed by atoms with E-state index in [9.17, 15) is 33.9 Å². The molecule has 0 fully saturated rings. The second-order valence-corrected chi connectivity index (χ2v) is 18.4. The number of carbonyl (C=O) groups excluding carboxylic acids is 6. The number of hydrogen-bond donors (Lipinski definition) is 3. The van der Waals surface area contributed by atoms with E-state index >= 15 is 0 Å². The van der Waals surface area contributed by atoms with Crippen molar-refractivity contribution < 1.29 is 52.8 Å². The van der Waals surface area contributed by atoms with E-state index in [-0.39, 0.29) is 41.8 Å². The van der Waals surface area contributed by atoms with Gasteiger partial charge >= 0.3 is 11.9 Å². The summed E-state index contributed by atoms with van der Waals surface area (Å²) in [5.74, 6) is -1.48. The summed E-state index contributed by atoms with van der Waals surface area (Å²) < 4.78 is 22.5. The van der Waals surface area contributed by atoms with Crippen LogP contribution in [0.1, 0.15) is 183 Å². The van der Waals surface area contributed by atoms with Crippen LogP contribution in [0, 0.1) is 5.92 Å². The Bertz CT molecular complexity index is 1850. The molecule has 0 unspecified atom stereocenters. The van der Waals surface area contributed by atoms with Gasteiger partial charge in [-0.1, -0.05) is 121 Å². The third-order valence-electron chi connectivity index (χ3n) is 12.9. The van der Waals surface area contributed by atoms with Crippen molar-refractivity contribution >= 4 is 35.6 Å². The highest BCUT2D eigenvalue weighted by atomic mass is 16.5. The molecule has 4 rings (SSSR count). The van der Waals surface area contributed by atoms with Crippen molar-refractivity contribution in [1.29, 1.82) is 0 Å². The maximum Gasteiger partial charge on any atom is 0.329 e. The molecule has 0 saturated carbocycles. The molecule has 0 bridgehead atoms. The molecule has 0 aliphatic carbocycles. The first-order valence-corrected chi connectivity index (χ1v) is 25.7. The van der Waals surface area contributed by atoms with Crippen LogP contribution in [0.15, 0.2) is 73.1 Å². The smallest absolute Gasteiger partial charge is 0.329 e. The predicted molar refractivity (Wildman–Crippen MR) is 270 cm³/mol. The molecule has 5 N–H and O–H groups in total. The number of amides is 4. The van der Waals surface area contributed by atoms with Gasteiger partial charge in [-0.15, -0.1) is 0 Å². The molecule has 70 heavy (non-hydrogen) atoms. The van der Waals surface area contributed by atoms with Crippen molar-refractivity contribution in [1.82, 2.24) is 9.80 Å². The molecule has 2 heterocycles. The van der Waals surface area contributed by atoms with E-state index in [0.717, 1.165) is 103 Å². The van der Waals surface area contributed by atoms with Crippen LogP contribution in [0.5, 0.6) is 11.5 Å². The van der Waals surface area contributed by atoms with Crippen molar-refractivity contribution in [3.63, 3.8) is 0 Å². The number of hydrogen-bond acceptors (Lipinski definition) is 11. The Morgan fingerprint density at radius 1 is 0.557 bits per heavy atom. The van der Waals surface area contributed by atoms with Crippen molar-refractivity contribution in [3.8, 4) is 11.5 Å². The second kappa shape index (κ2) is 33.0. The predicted octanol–water partition coefficient (Wildman–Crippen LogP) is 9.48. The molecule has 4 amide bonds. The molecule has 15 nitrogen and oxygen atoms in total. The molecule has 0 aromatic heterocycles. The number of primary amides is 2. The van der Waals surface area contributed by atoms with Crippen LogP contribution in [-0.4, -0.2) is 95.1 Å². The first-order chi connectivity index (χ1) is 33.8. The van der Waals surface area contributed by atoms with E-state index in [1.165, 1.54) is 30.4 Å². The number of esters is 2. The number of carbonyl (C=O) groups is 6. The first-order valence-electron chi connectivity index (χ1n) is 25.7. The number of rotatable bonds is 32. The highest BCUT2D eigenvalue weighted by Gasteiger charge is 2.36. The number of nitrogens with zero attached hydrogens (tertiary/aromatic N) is 2. The third-order valence-corrected chi connectivity index (χ3v) is 12.9. The minimum atomic E-state index is -1.11. The Morgan fingerprint density at radius 2 is 0.929 bits per heavy atom. The van der Waals surface area contributed by atoms with Gasteiger partial charge in [-0.25, -0.2) is 9.59 Å². The summed E-state index contributed by atoms with van der Waals surface area (Å²) in [4.78, 5) is 77.7. The number of nitrogens with two attached hydrogens (primary N) is 2. The lowest BCUT2D eigenvalue weighted by molar-refractivity contribution is -0.155. The van der Waals surface area contributed by atoms with E-state index in [4.69, 9.17) is 30.4 Å². The lowest BCUT2D eigenvalue weighted by Crippen LogP contribution is -2.41. The van der Waals surface area contributed by atoms with Gasteiger partial charge in [-0.3, -0.25) is 19.2 Å². The van der Waals surface area contributed by atoms with Gasteiger partial charge < -0.3 is 45.3 Å². The summed E-state index contributed by atoms with van der Waals surface area (Å²) in [6, 6.07) is 12.6. The molecular formula is C55H82N4O11. The Labute approximate surface area is 416 Å². The zero-order chi connectivity index (χ0) is 51.3. The number of unbranched alkanes of at least 4 members (excludes halogenated alkanes) is 10. The van der Waals surface area contributed by atoms with Crippen LogP contribution in [0.4, 0.5) is 0 Å². The van der Waals surface area contributed by atoms with Crippen LogP contribution < -0.4 is 20.9 Å². The molecule has 0 radical (unpaired) electrons. The van der Waals surface area contributed by atoms with Gasteiger partial charge in [-0.05, 0) is 101 Å². The molecular weight excluding hydrogens is 893 g/mol. The van der Waals surface area contributed by atoms with E-state index in [1.807, 2.05) is 13.0 Å². The summed E-state index contributed by atoms with van der Waals surface area (Å²) >= 11 is 0. The second-order valence-electron chi connectivity index (χ2n) is 18.4. The number of methoxy groups -OCH3 is 2. The van der Waals surface area contributed by atoms with Crippen molar-refractivity contribution in [3.05, 3.63) is 84.2 Å². The summed E-state index contributed by atoms with van der Waals surface area (Å²) in [6.45, 7) is 6.18. The fraction of sp³-hybridized carbons (Fsp3) is 0.600. The Morgan fingerprint density at radius 3 is 1.30 bits per heavy atom. The molecule has 2 aliphatic heterocycles. The first kappa shape index (κ1) is 58.6. The fourth-order valence-corrected chi connectivity index (χ4v) is 8.58. The summed E-state index contributed by atoms with van der Waals surface area (Å²) in [6.07, 6.45) is 24.3. The van der Waals surface area contributed by atoms with Gasteiger partial charge in [0.25, 0.3) is 11.8 Å². The van der Waals surface area contributed by atoms with E-state index in [0.29, 0.717) is 54.7 Å². The average Bonchev–Trinajstić information content (AvgIpc) is 4.07. The lowest BCUT2D eigenvalue weighted by atomic mass is 9.99. The Kier molecular flexibility index (Phi) is 27.6. The number of aliphatic hydroxyl groups is 1. The largest absolute Gasteiger partial charge is 0.496 e. The number of aliphatic hydroxyl groups excluding tert-OH is 1. The highest BCUT2D eigenvalue weighted by Crippen LogP contribution is 2.28. The topological polar surface area (TPSA) is 218 Å². The minimum Gasteiger partial charge on any atom is -0.496 e. The van der Waals surface area contributed by atoms with E-state index < -0.39 is 30.1 Å². The quantitative estimate of drug-likeness (QED) is 0.0463. The molecule has 2 aromatic carbocycles. The molecule has 2 aliphatic rings. The SMILES string of the molecule is CCCCCC[C@H](CCCCC[C@@H](C)C(N)=O)OC(=O)[C@@H]1CC=CN1C(=O)c1ccccc1OC.CCCCCC[C@H](CCCCC[C@@H](O)C(N)=O)OC(=O)[C@@H]1CC=CN1C(=O)c1ccccc1OC. The minimum absolute atomic E-state index is 0.112. The Balaban J connectivity index is 0.000000370. The summed E-state index contributed by atoms with van der Waals surface area (Å²) in [5, 5.41) is 9.54. The van der Waals surface area contributed by atoms with Crippen LogP contribution in [0.25, 0.3) is 0 Å². The number of ether oxygens (including phenoxy) is 4. The van der Waals surface area contributed by atoms with Gasteiger partial charge in [0.05, 0.1) is 25.3 Å². The van der Waals surface area contributed by atoms with Crippen molar-refractivity contribution in [2.75, 3.05) is 14.2 Å². The van der Waals surface area contributed by atoms with Crippen molar-refractivity contribution in [2.45, 2.75) is 192 Å². The zero-order valence-corrected chi connectivity index (χ0v) is 42.5. The molecule has 6 atom stereocenters. The summed E-state index contributed by atoms with van der Waals surface area (Å²) in [7, 11) is 3.03. The van der Waals surface area contributed by atoms with Crippen LogP contribution in [0.3, 0.4) is 0 Å². The third kappa shape index (κ3) is 20.0. The lowest BCUT2D eigenvalue weighted by Gasteiger charge is -2.26. The average molecular weight is 975 g/mol. The molecule has 0 spiro atoms. The normalized spacial score (nSPS) is 16.7. The number of benzene rings is 2. The standard InChI is InChI=1S/C28H42N2O5.C27H40N2O6/c1-4-5-6-9-15-22(16-10-7-8-14-21(2)26(29)31)35-28(33)24-18-13-20-30(24)27(32)23-17-11-12-19-25(23)34-3;1-3-4-5-7-13-20(14-8-6-9-17-23(30)25(28)31)35-27(33)22-16-12-19-29(22)26(32)21-15-10-11-18-24(21)34-2/h11-13,17,19-22,24H,4-10,14-16,18H2,1-3H3,(H2,29,31);10-12,15,18-20,22-23,30H,3-9,13-14,16-17H2,1-2H3,(H2,28,31)/t21-,22-,24+;20-,22+,23-/m11/s1. The van der Waals surface area contributed by atoms with Gasteiger partial charge in [0, 0.05) is 18.3 Å². The molecule has 0 saturated heterocycles. The van der Waals surface area contributed by atoms with Crippen LogP contribution in [-0.2, 0) is 28.7 Å². The number of para-hydroxylation sites is 2. The highest BCUT2D eigenvalue weighted by molar-refractivity contribution is 6.01. The van der Waals surface area contributed by atoms with Gasteiger partial charge in [0.2, 0.25) is 11.8 Å². The van der Waals surface area contributed by atoms with E-state index in [1.54, 1.807) is 67.0 Å². The molecule has 2 aromatic rings. The van der Waals surface area contributed by atoms with Crippen LogP contribution >= 0.6 is 0 Å². The van der Waals surface area contributed by atoms with Gasteiger partial charge in [0.1, 0.15) is 41.9 Å². The maximum absolute atomic E-state index is 13.2. The van der Waals surface area contributed by atoms with Crippen molar-refractivity contribution in [2.24, 2.45) is 17.4 Å². The maximum atomic E-state index is 13.2. The van der Waals surface area contributed by atoms with Gasteiger partial charge in [0.15, 0.2) is 0 Å².